The molecule has 0 aliphatic heterocycles. The van der Waals surface area contributed by atoms with Gasteiger partial charge >= 0.3 is 0 Å². The quantitative estimate of drug-likeness (QED) is 0.165. The molecule has 0 fully saturated rings. The SMILES string of the molecule is C(=N\Cc1ccc(-n2c3ccccc3c3ccc(-c4cccc5c4sc4ccccc45)cc32)cc1)/c1cccc(-c2ccccc2)c1. The summed E-state index contributed by atoms with van der Waals surface area (Å²) < 4.78 is 5.07. The van der Waals surface area contributed by atoms with Gasteiger partial charge in [-0.05, 0) is 69.8 Å². The van der Waals surface area contributed by atoms with Crippen LogP contribution in [-0.2, 0) is 6.54 Å². The Labute approximate surface area is 277 Å². The van der Waals surface area contributed by atoms with Crippen molar-refractivity contribution >= 4 is 59.5 Å². The lowest BCUT2D eigenvalue weighted by molar-refractivity contribution is 1.07. The molecule has 222 valence electrons. The molecule has 9 rings (SSSR count). The van der Waals surface area contributed by atoms with Gasteiger partial charge in [0.05, 0.1) is 17.6 Å². The third-order valence-corrected chi connectivity index (χ3v) is 10.3. The van der Waals surface area contributed by atoms with Gasteiger partial charge in [-0.1, -0.05) is 127 Å². The Balaban J connectivity index is 1.06. The largest absolute Gasteiger partial charge is 0.309 e. The summed E-state index contributed by atoms with van der Waals surface area (Å²) in [7, 11) is 0. The van der Waals surface area contributed by atoms with Crippen LogP contribution in [0.2, 0.25) is 0 Å². The van der Waals surface area contributed by atoms with E-state index in [0.717, 1.165) is 11.3 Å². The summed E-state index contributed by atoms with van der Waals surface area (Å²) in [5, 5.41) is 5.18. The molecule has 0 atom stereocenters. The van der Waals surface area contributed by atoms with Gasteiger partial charge < -0.3 is 4.57 Å². The normalized spacial score (nSPS) is 11.8. The lowest BCUT2D eigenvalue weighted by Crippen LogP contribution is -1.95. The summed E-state index contributed by atoms with van der Waals surface area (Å²) in [6.45, 7) is 0.631. The van der Waals surface area contributed by atoms with E-state index in [4.69, 9.17) is 4.99 Å². The lowest BCUT2D eigenvalue weighted by atomic mass is 10.0. The average molecular weight is 619 g/mol. The maximum absolute atomic E-state index is 4.79. The highest BCUT2D eigenvalue weighted by atomic mass is 32.1. The summed E-state index contributed by atoms with van der Waals surface area (Å²) >= 11 is 1.88. The van der Waals surface area contributed by atoms with Gasteiger partial charge in [-0.15, -0.1) is 11.3 Å². The number of rotatable bonds is 6. The molecule has 0 unspecified atom stereocenters. The Kier molecular flexibility index (Phi) is 6.76. The highest BCUT2D eigenvalue weighted by molar-refractivity contribution is 7.26. The van der Waals surface area contributed by atoms with E-state index >= 15 is 0 Å². The lowest BCUT2D eigenvalue weighted by Gasteiger charge is -2.10. The first-order valence-electron chi connectivity index (χ1n) is 16.0. The molecule has 0 aliphatic rings. The summed E-state index contributed by atoms with van der Waals surface area (Å²) in [5.74, 6) is 0. The van der Waals surface area contributed by atoms with Crippen LogP contribution in [0.5, 0.6) is 0 Å². The van der Waals surface area contributed by atoms with Crippen molar-refractivity contribution in [2.24, 2.45) is 4.99 Å². The summed E-state index contributed by atoms with van der Waals surface area (Å²) in [4.78, 5) is 4.79. The van der Waals surface area contributed by atoms with Crippen LogP contribution in [0, 0.1) is 0 Å². The van der Waals surface area contributed by atoms with Crippen molar-refractivity contribution in [2.45, 2.75) is 6.54 Å². The Bertz CT molecular complexity index is 2590. The number of fused-ring (bicyclic) bond motifs is 6. The fraction of sp³-hybridized carbons (Fsp3) is 0.0227. The molecule has 2 heterocycles. The molecule has 47 heavy (non-hydrogen) atoms. The number of benzene rings is 7. The molecule has 0 amide bonds. The fourth-order valence-electron chi connectivity index (χ4n) is 6.83. The molecule has 2 nitrogen and oxygen atoms in total. The van der Waals surface area contributed by atoms with Crippen LogP contribution in [0.15, 0.2) is 169 Å². The smallest absolute Gasteiger partial charge is 0.0640 e. The zero-order valence-electron chi connectivity index (χ0n) is 25.7. The molecule has 7 aromatic carbocycles. The summed E-state index contributed by atoms with van der Waals surface area (Å²) in [5.41, 5.74) is 10.8. The van der Waals surface area contributed by atoms with E-state index in [1.54, 1.807) is 0 Å². The molecule has 0 bridgehead atoms. The predicted octanol–water partition coefficient (Wildman–Crippen LogP) is 12.1. The van der Waals surface area contributed by atoms with Gasteiger partial charge in [0.15, 0.2) is 0 Å². The van der Waals surface area contributed by atoms with Crippen molar-refractivity contribution in [3.05, 3.63) is 175 Å². The second kappa shape index (κ2) is 11.5. The van der Waals surface area contributed by atoms with Crippen molar-refractivity contribution in [3.8, 4) is 27.9 Å². The molecular weight excluding hydrogens is 589 g/mol. The molecule has 0 N–H and O–H groups in total. The summed E-state index contributed by atoms with van der Waals surface area (Å²) in [6.07, 6.45) is 1.98. The van der Waals surface area contributed by atoms with E-state index in [1.165, 1.54) is 69.8 Å². The van der Waals surface area contributed by atoms with E-state index in [-0.39, 0.29) is 0 Å². The molecule has 2 aromatic heterocycles. The van der Waals surface area contributed by atoms with E-state index < -0.39 is 0 Å². The highest BCUT2D eigenvalue weighted by Crippen LogP contribution is 2.41. The van der Waals surface area contributed by atoms with Gasteiger partial charge in [0.2, 0.25) is 0 Å². The molecule has 0 radical (unpaired) electrons. The zero-order valence-corrected chi connectivity index (χ0v) is 26.5. The number of aromatic nitrogens is 1. The fourth-order valence-corrected chi connectivity index (χ4v) is 8.07. The predicted molar refractivity (Wildman–Crippen MR) is 202 cm³/mol. The Morgan fingerprint density at radius 2 is 1.23 bits per heavy atom. The van der Waals surface area contributed by atoms with Crippen LogP contribution < -0.4 is 0 Å². The monoisotopic (exact) mass is 618 g/mol. The van der Waals surface area contributed by atoms with Crippen LogP contribution in [0.25, 0.3) is 69.9 Å². The van der Waals surface area contributed by atoms with Crippen molar-refractivity contribution in [1.29, 1.82) is 0 Å². The van der Waals surface area contributed by atoms with E-state index in [1.807, 2.05) is 23.6 Å². The first kappa shape index (κ1) is 27.5. The number of para-hydroxylation sites is 1. The van der Waals surface area contributed by atoms with Crippen molar-refractivity contribution in [1.82, 2.24) is 4.57 Å². The van der Waals surface area contributed by atoms with Gasteiger partial charge in [-0.3, -0.25) is 4.99 Å². The van der Waals surface area contributed by atoms with Crippen LogP contribution in [0.4, 0.5) is 0 Å². The Morgan fingerprint density at radius 3 is 2.13 bits per heavy atom. The van der Waals surface area contributed by atoms with Gasteiger partial charge in [-0.2, -0.15) is 0 Å². The van der Waals surface area contributed by atoms with Crippen LogP contribution >= 0.6 is 11.3 Å². The second-order valence-electron chi connectivity index (χ2n) is 12.0. The number of nitrogens with zero attached hydrogens (tertiary/aromatic N) is 2. The first-order chi connectivity index (χ1) is 23.3. The minimum atomic E-state index is 0.631. The third-order valence-electron chi connectivity index (χ3n) is 9.09. The molecule has 9 aromatic rings. The number of hydrogen-bond donors (Lipinski definition) is 0. The molecular formula is C44H30N2S. The minimum absolute atomic E-state index is 0.631. The van der Waals surface area contributed by atoms with Crippen LogP contribution in [0.3, 0.4) is 0 Å². The van der Waals surface area contributed by atoms with E-state index in [2.05, 4.69) is 162 Å². The molecule has 0 saturated heterocycles. The van der Waals surface area contributed by atoms with Crippen LogP contribution in [-0.4, -0.2) is 10.8 Å². The van der Waals surface area contributed by atoms with Crippen molar-refractivity contribution in [2.75, 3.05) is 0 Å². The Morgan fingerprint density at radius 1 is 0.511 bits per heavy atom. The zero-order chi connectivity index (χ0) is 31.2. The average Bonchev–Trinajstić information content (AvgIpc) is 3.68. The van der Waals surface area contributed by atoms with Gasteiger partial charge in [-0.25, -0.2) is 0 Å². The van der Waals surface area contributed by atoms with Gasteiger partial charge in [0, 0.05) is 42.8 Å². The van der Waals surface area contributed by atoms with Crippen molar-refractivity contribution in [3.63, 3.8) is 0 Å². The maximum Gasteiger partial charge on any atom is 0.0640 e. The van der Waals surface area contributed by atoms with E-state index in [9.17, 15) is 0 Å². The number of aliphatic imine (C=N–C) groups is 1. The van der Waals surface area contributed by atoms with E-state index in [0.29, 0.717) is 6.54 Å². The minimum Gasteiger partial charge on any atom is -0.309 e. The van der Waals surface area contributed by atoms with Gasteiger partial charge in [0.25, 0.3) is 0 Å². The first-order valence-corrected chi connectivity index (χ1v) is 16.8. The molecule has 3 heteroatoms. The number of hydrogen-bond acceptors (Lipinski definition) is 2. The van der Waals surface area contributed by atoms with Crippen molar-refractivity contribution < 1.29 is 0 Å². The highest BCUT2D eigenvalue weighted by Gasteiger charge is 2.15. The molecule has 0 aliphatic carbocycles. The molecule has 0 saturated carbocycles. The maximum atomic E-state index is 4.79. The van der Waals surface area contributed by atoms with Crippen LogP contribution in [0.1, 0.15) is 11.1 Å². The Hall–Kier alpha value is -5.77. The standard InChI is InChI=1S/C44H30N2S/c1-2-11-32(12-3-1)33-13-8-10-31(26-33)29-45-28-30-20-23-35(24-21-30)46-41-18-6-4-14-37(41)38-25-22-34(27-42(38)46)36-16-9-17-40-39-15-5-7-19-43(39)47-44(36)40/h1-27,29H,28H2/b45-29+. The second-order valence-corrected chi connectivity index (χ2v) is 13.0. The topological polar surface area (TPSA) is 17.3 Å². The third kappa shape index (κ3) is 4.93. The van der Waals surface area contributed by atoms with Gasteiger partial charge in [0.1, 0.15) is 0 Å². The summed E-state index contributed by atoms with van der Waals surface area (Å²) in [6, 6.07) is 59.0. The molecule has 0 spiro atoms. The number of thiophene rings is 1.